The second-order valence-electron chi connectivity index (χ2n) is 4.64. The average Bonchev–Trinajstić information content (AvgIpc) is 2.71. The predicted octanol–water partition coefficient (Wildman–Crippen LogP) is 2.29. The number of carbonyl (C=O) groups excluding carboxylic acids is 1. The number of esters is 1. The van der Waals surface area contributed by atoms with E-state index in [2.05, 4.69) is 4.98 Å². The highest BCUT2D eigenvalue weighted by Gasteiger charge is 2.25. The number of nitrogens with zero attached hydrogens (tertiary/aromatic N) is 2. The summed E-state index contributed by atoms with van der Waals surface area (Å²) in [5, 5.41) is 0.733. The smallest absolute Gasteiger partial charge is 0.358 e. The fourth-order valence-corrected chi connectivity index (χ4v) is 2.37. The maximum atomic E-state index is 12.2. The van der Waals surface area contributed by atoms with E-state index in [0.29, 0.717) is 36.0 Å². The molecule has 0 radical (unpaired) electrons. The van der Waals surface area contributed by atoms with Crippen LogP contribution in [0.2, 0.25) is 0 Å². The van der Waals surface area contributed by atoms with Gasteiger partial charge >= 0.3 is 5.97 Å². The van der Waals surface area contributed by atoms with Gasteiger partial charge in [-0.05, 0) is 26.3 Å². The molecule has 0 amide bonds. The number of pyridine rings is 1. The van der Waals surface area contributed by atoms with Gasteiger partial charge in [0.15, 0.2) is 11.4 Å². The molecule has 2 rings (SSSR count). The van der Waals surface area contributed by atoms with Crippen molar-refractivity contribution >= 4 is 22.7 Å². The molecule has 0 saturated carbocycles. The van der Waals surface area contributed by atoms with Crippen molar-refractivity contribution in [1.29, 1.82) is 0 Å². The van der Waals surface area contributed by atoms with Gasteiger partial charge in [-0.25, -0.2) is 9.78 Å². The number of anilines is 1. The van der Waals surface area contributed by atoms with Crippen molar-refractivity contribution in [1.82, 2.24) is 9.55 Å². The molecule has 21 heavy (non-hydrogen) atoms. The van der Waals surface area contributed by atoms with E-state index in [0.717, 1.165) is 17.5 Å². The van der Waals surface area contributed by atoms with Crippen molar-refractivity contribution in [2.75, 3.05) is 18.9 Å². The highest BCUT2D eigenvalue weighted by Crippen LogP contribution is 2.34. The number of nitrogen functional groups attached to an aromatic ring is 1. The summed E-state index contributed by atoms with van der Waals surface area (Å²) in [5.41, 5.74) is 8.47. The first kappa shape index (κ1) is 15.2. The summed E-state index contributed by atoms with van der Waals surface area (Å²) >= 11 is 0. The number of aryl methyl sites for hydroxylation is 2. The van der Waals surface area contributed by atoms with Crippen LogP contribution in [0.5, 0.6) is 5.75 Å². The van der Waals surface area contributed by atoms with E-state index in [1.54, 1.807) is 18.5 Å². The van der Waals surface area contributed by atoms with E-state index in [1.165, 1.54) is 0 Å². The zero-order valence-corrected chi connectivity index (χ0v) is 12.9. The van der Waals surface area contributed by atoms with Crippen LogP contribution in [-0.2, 0) is 18.2 Å². The number of carbonyl (C=O) groups is 1. The molecule has 2 N–H and O–H groups in total. The first-order chi connectivity index (χ1) is 10.0. The molecule has 0 fully saturated rings. The molecule has 2 heterocycles. The number of hydrogen-bond donors (Lipinski definition) is 1. The first-order valence-electron chi connectivity index (χ1n) is 7.12. The Hall–Kier alpha value is -2.24. The molecule has 114 valence electrons. The third kappa shape index (κ3) is 2.53. The summed E-state index contributed by atoms with van der Waals surface area (Å²) in [7, 11) is 1.78. The van der Waals surface area contributed by atoms with Crippen LogP contribution < -0.4 is 10.5 Å². The summed E-state index contributed by atoms with van der Waals surface area (Å²) in [5.74, 6) is 0.0633. The summed E-state index contributed by atoms with van der Waals surface area (Å²) in [6.07, 6.45) is 0.728. The Morgan fingerprint density at radius 3 is 2.62 bits per heavy atom. The van der Waals surface area contributed by atoms with Crippen molar-refractivity contribution < 1.29 is 14.3 Å². The van der Waals surface area contributed by atoms with Gasteiger partial charge in [-0.15, -0.1) is 0 Å². The molecular formula is C15H21N3O3. The molecule has 0 unspecified atom stereocenters. The number of ether oxygens (including phenoxy) is 2. The zero-order valence-electron chi connectivity index (χ0n) is 12.9. The number of hydrogen-bond acceptors (Lipinski definition) is 5. The fraction of sp³-hybridized carbons (Fsp3) is 0.467. The van der Waals surface area contributed by atoms with Gasteiger partial charge in [0.25, 0.3) is 0 Å². The van der Waals surface area contributed by atoms with E-state index >= 15 is 0 Å². The Morgan fingerprint density at radius 1 is 1.33 bits per heavy atom. The largest absolute Gasteiger partial charge is 0.491 e. The van der Waals surface area contributed by atoms with Crippen LogP contribution >= 0.6 is 0 Å². The van der Waals surface area contributed by atoms with Gasteiger partial charge in [0.2, 0.25) is 0 Å². The Labute approximate surface area is 123 Å². The van der Waals surface area contributed by atoms with Crippen molar-refractivity contribution in [3.05, 3.63) is 17.5 Å². The Kier molecular flexibility index (Phi) is 4.35. The maximum absolute atomic E-state index is 12.2. The quantitative estimate of drug-likeness (QED) is 0.855. The molecule has 0 aliphatic rings. The summed E-state index contributed by atoms with van der Waals surface area (Å²) in [6.45, 7) is 6.38. The number of rotatable bonds is 5. The molecule has 0 atom stereocenters. The monoisotopic (exact) mass is 291 g/mol. The Morgan fingerprint density at radius 2 is 2.05 bits per heavy atom. The lowest BCUT2D eigenvalue weighted by Crippen LogP contribution is -2.12. The highest BCUT2D eigenvalue weighted by molar-refractivity contribution is 6.01. The molecule has 6 heteroatoms. The van der Waals surface area contributed by atoms with Gasteiger partial charge in [-0.2, -0.15) is 0 Å². The minimum absolute atomic E-state index is 0.307. The average molecular weight is 291 g/mol. The minimum atomic E-state index is -0.418. The normalized spacial score (nSPS) is 10.9. The molecular weight excluding hydrogens is 270 g/mol. The zero-order chi connectivity index (χ0) is 15.6. The van der Waals surface area contributed by atoms with Gasteiger partial charge in [0, 0.05) is 7.05 Å². The van der Waals surface area contributed by atoms with E-state index in [-0.39, 0.29) is 0 Å². The van der Waals surface area contributed by atoms with Gasteiger partial charge in [-0.1, -0.05) is 6.92 Å². The number of fused-ring (bicyclic) bond motifs is 1. The van der Waals surface area contributed by atoms with Crippen LogP contribution in [0.25, 0.3) is 11.0 Å². The number of nitrogens with two attached hydrogens (primary N) is 1. The summed E-state index contributed by atoms with van der Waals surface area (Å²) < 4.78 is 12.5. The van der Waals surface area contributed by atoms with Crippen LogP contribution in [0.3, 0.4) is 0 Å². The standard InChI is InChI=1S/C15H21N3O3/c1-5-11-10(16)8-9-13(20-6-2)12(15(19)21-7-3)18(4)14(9)17-11/h8H,5-7,16H2,1-4H3. The summed E-state index contributed by atoms with van der Waals surface area (Å²) in [4.78, 5) is 16.7. The van der Waals surface area contributed by atoms with E-state index in [4.69, 9.17) is 15.2 Å². The second-order valence-corrected chi connectivity index (χ2v) is 4.64. The van der Waals surface area contributed by atoms with Crippen LogP contribution in [0.1, 0.15) is 37.0 Å². The fourth-order valence-electron chi connectivity index (χ4n) is 2.37. The Balaban J connectivity index is 2.74. The SMILES string of the molecule is CCOC(=O)c1c(OCC)c2cc(N)c(CC)nc2n1C. The first-order valence-corrected chi connectivity index (χ1v) is 7.12. The lowest BCUT2D eigenvalue weighted by molar-refractivity contribution is 0.0511. The van der Waals surface area contributed by atoms with Gasteiger partial charge < -0.3 is 19.8 Å². The van der Waals surface area contributed by atoms with Crippen LogP contribution in [0.15, 0.2) is 6.07 Å². The molecule has 0 bridgehead atoms. The predicted molar refractivity (Wildman–Crippen MR) is 81.6 cm³/mol. The van der Waals surface area contributed by atoms with Crippen LogP contribution in [0.4, 0.5) is 5.69 Å². The molecule has 2 aromatic rings. The third-order valence-corrected chi connectivity index (χ3v) is 3.32. The van der Waals surface area contributed by atoms with E-state index in [9.17, 15) is 4.79 Å². The van der Waals surface area contributed by atoms with Crippen molar-refractivity contribution in [3.8, 4) is 5.75 Å². The van der Waals surface area contributed by atoms with E-state index < -0.39 is 5.97 Å². The topological polar surface area (TPSA) is 79.4 Å². The second kappa shape index (κ2) is 6.03. The molecule has 0 aliphatic carbocycles. The number of aromatic nitrogens is 2. The Bertz CT molecular complexity index is 677. The lowest BCUT2D eigenvalue weighted by Gasteiger charge is -2.07. The molecule has 0 aromatic carbocycles. The lowest BCUT2D eigenvalue weighted by atomic mass is 10.2. The van der Waals surface area contributed by atoms with Gasteiger partial charge in [-0.3, -0.25) is 0 Å². The highest BCUT2D eigenvalue weighted by atomic mass is 16.5. The molecule has 6 nitrogen and oxygen atoms in total. The molecule has 0 spiro atoms. The van der Waals surface area contributed by atoms with Gasteiger partial charge in [0.05, 0.1) is 30.0 Å². The molecule has 2 aromatic heterocycles. The van der Waals surface area contributed by atoms with Crippen LogP contribution in [0, 0.1) is 0 Å². The molecule has 0 aliphatic heterocycles. The van der Waals surface area contributed by atoms with Gasteiger partial charge in [0.1, 0.15) is 5.65 Å². The van der Waals surface area contributed by atoms with Crippen molar-refractivity contribution in [2.45, 2.75) is 27.2 Å². The minimum Gasteiger partial charge on any atom is -0.491 e. The maximum Gasteiger partial charge on any atom is 0.358 e. The molecule has 0 saturated heterocycles. The van der Waals surface area contributed by atoms with Crippen molar-refractivity contribution in [3.63, 3.8) is 0 Å². The summed E-state index contributed by atoms with van der Waals surface area (Å²) in [6, 6.07) is 1.81. The van der Waals surface area contributed by atoms with E-state index in [1.807, 2.05) is 19.9 Å². The van der Waals surface area contributed by atoms with Crippen molar-refractivity contribution in [2.24, 2.45) is 7.05 Å². The third-order valence-electron chi connectivity index (χ3n) is 3.32. The van der Waals surface area contributed by atoms with Crippen LogP contribution in [-0.4, -0.2) is 28.7 Å².